The number of hydrogen-bond donors (Lipinski definition) is 4. The first-order valence-corrected chi connectivity index (χ1v) is 6.60. The third-order valence-corrected chi connectivity index (χ3v) is 3.09. The first-order chi connectivity index (χ1) is 10.0. The van der Waals surface area contributed by atoms with E-state index in [9.17, 15) is 0 Å². The predicted octanol–water partition coefficient (Wildman–Crippen LogP) is 0.821. The molecule has 0 bridgehead atoms. The van der Waals surface area contributed by atoms with Crippen molar-refractivity contribution in [3.63, 3.8) is 0 Å². The topological polar surface area (TPSA) is 116 Å². The zero-order valence-electron chi connectivity index (χ0n) is 12.5. The number of methoxy groups -OCH3 is 1. The lowest BCUT2D eigenvalue weighted by Gasteiger charge is -2.11. The SMILES string of the molecule is COc1ccc(N)c(NCCNc2c(N)c(C)nn2C)n1. The largest absolute Gasteiger partial charge is 0.481 e. The summed E-state index contributed by atoms with van der Waals surface area (Å²) < 4.78 is 6.79. The van der Waals surface area contributed by atoms with Gasteiger partial charge in [0.05, 0.1) is 24.2 Å². The number of pyridine rings is 1. The third kappa shape index (κ3) is 3.28. The highest BCUT2D eigenvalue weighted by atomic mass is 16.5. The first-order valence-electron chi connectivity index (χ1n) is 6.60. The molecule has 0 aliphatic heterocycles. The summed E-state index contributed by atoms with van der Waals surface area (Å²) in [6.07, 6.45) is 0. The van der Waals surface area contributed by atoms with Crippen molar-refractivity contribution in [2.45, 2.75) is 6.92 Å². The molecular weight excluding hydrogens is 270 g/mol. The molecular formula is C13H21N7O. The van der Waals surface area contributed by atoms with E-state index >= 15 is 0 Å². The Balaban J connectivity index is 1.90. The van der Waals surface area contributed by atoms with E-state index in [-0.39, 0.29) is 0 Å². The van der Waals surface area contributed by atoms with Crippen LogP contribution in [0.25, 0.3) is 0 Å². The lowest BCUT2D eigenvalue weighted by molar-refractivity contribution is 0.398. The molecule has 0 aromatic carbocycles. The van der Waals surface area contributed by atoms with Crippen LogP contribution in [0.15, 0.2) is 12.1 Å². The average Bonchev–Trinajstić information content (AvgIpc) is 2.71. The monoisotopic (exact) mass is 291 g/mol. The number of aromatic nitrogens is 3. The second-order valence-corrected chi connectivity index (χ2v) is 4.62. The van der Waals surface area contributed by atoms with Gasteiger partial charge >= 0.3 is 0 Å². The van der Waals surface area contributed by atoms with Crippen LogP contribution in [0.4, 0.5) is 23.0 Å². The van der Waals surface area contributed by atoms with Crippen LogP contribution in [0.5, 0.6) is 5.88 Å². The van der Waals surface area contributed by atoms with Gasteiger partial charge in [0.15, 0.2) is 5.82 Å². The summed E-state index contributed by atoms with van der Waals surface area (Å²) in [7, 11) is 3.41. The summed E-state index contributed by atoms with van der Waals surface area (Å²) in [6.45, 7) is 3.16. The van der Waals surface area contributed by atoms with Crippen molar-refractivity contribution in [1.29, 1.82) is 0 Å². The van der Waals surface area contributed by atoms with Crippen LogP contribution >= 0.6 is 0 Å². The molecule has 0 unspecified atom stereocenters. The fraction of sp³-hybridized carbons (Fsp3) is 0.385. The third-order valence-electron chi connectivity index (χ3n) is 3.09. The summed E-state index contributed by atoms with van der Waals surface area (Å²) in [6, 6.07) is 3.47. The van der Waals surface area contributed by atoms with Gasteiger partial charge in [-0.3, -0.25) is 4.68 Å². The van der Waals surface area contributed by atoms with Gasteiger partial charge in [-0.05, 0) is 13.0 Å². The van der Waals surface area contributed by atoms with Gasteiger partial charge in [-0.15, -0.1) is 0 Å². The van der Waals surface area contributed by atoms with Crippen molar-refractivity contribution < 1.29 is 4.74 Å². The summed E-state index contributed by atoms with van der Waals surface area (Å²) in [4.78, 5) is 4.25. The predicted molar refractivity (Wildman–Crippen MR) is 84.5 cm³/mol. The second-order valence-electron chi connectivity index (χ2n) is 4.62. The molecule has 0 saturated heterocycles. The lowest BCUT2D eigenvalue weighted by atomic mass is 10.3. The molecule has 114 valence electrons. The molecule has 2 rings (SSSR count). The Labute approximate surface area is 123 Å². The highest BCUT2D eigenvalue weighted by Gasteiger charge is 2.09. The quantitative estimate of drug-likeness (QED) is 0.582. The summed E-state index contributed by atoms with van der Waals surface area (Å²) >= 11 is 0. The summed E-state index contributed by atoms with van der Waals surface area (Å²) in [5.41, 5.74) is 13.8. The molecule has 2 aromatic rings. The van der Waals surface area contributed by atoms with Crippen molar-refractivity contribution in [3.05, 3.63) is 17.8 Å². The number of aryl methyl sites for hydroxylation is 2. The Bertz CT molecular complexity index is 623. The van der Waals surface area contributed by atoms with Crippen molar-refractivity contribution in [1.82, 2.24) is 14.8 Å². The molecule has 0 atom stereocenters. The number of hydrogen-bond acceptors (Lipinski definition) is 7. The molecule has 6 N–H and O–H groups in total. The van der Waals surface area contributed by atoms with E-state index in [2.05, 4.69) is 20.7 Å². The molecule has 0 saturated carbocycles. The van der Waals surface area contributed by atoms with Crippen LogP contribution in [0, 0.1) is 6.92 Å². The molecule has 8 heteroatoms. The standard InChI is InChI=1S/C13H21N7O/c1-8-11(15)13(20(2)19-8)17-7-6-16-12-9(14)4-5-10(18-12)21-3/h4-5,17H,6-7,14-15H2,1-3H3,(H,16,18). The number of ether oxygens (including phenoxy) is 1. The van der Waals surface area contributed by atoms with Crippen LogP contribution in [-0.2, 0) is 7.05 Å². The molecule has 0 aliphatic carbocycles. The van der Waals surface area contributed by atoms with E-state index in [1.165, 1.54) is 0 Å². The average molecular weight is 291 g/mol. The van der Waals surface area contributed by atoms with Crippen LogP contribution in [0.2, 0.25) is 0 Å². The molecule has 0 fully saturated rings. The number of nitrogens with one attached hydrogen (secondary N) is 2. The summed E-state index contributed by atoms with van der Waals surface area (Å²) in [5.74, 6) is 1.93. The maximum Gasteiger partial charge on any atom is 0.215 e. The van der Waals surface area contributed by atoms with Gasteiger partial charge in [0, 0.05) is 26.2 Å². The Morgan fingerprint density at radius 3 is 2.57 bits per heavy atom. The normalized spacial score (nSPS) is 10.4. The Morgan fingerprint density at radius 2 is 1.95 bits per heavy atom. The molecule has 21 heavy (non-hydrogen) atoms. The van der Waals surface area contributed by atoms with E-state index < -0.39 is 0 Å². The molecule has 0 amide bonds. The number of rotatable bonds is 6. The van der Waals surface area contributed by atoms with Crippen LogP contribution in [-0.4, -0.2) is 35.0 Å². The number of nitrogen functional groups attached to an aromatic ring is 2. The van der Waals surface area contributed by atoms with E-state index in [0.717, 1.165) is 11.5 Å². The van der Waals surface area contributed by atoms with Gasteiger partial charge in [0.2, 0.25) is 5.88 Å². The minimum Gasteiger partial charge on any atom is -0.481 e. The maximum absolute atomic E-state index is 5.94. The van der Waals surface area contributed by atoms with Crippen LogP contribution in [0.1, 0.15) is 5.69 Å². The minimum absolute atomic E-state index is 0.520. The number of nitrogens with zero attached hydrogens (tertiary/aromatic N) is 3. The number of nitrogens with two attached hydrogens (primary N) is 2. The zero-order chi connectivity index (χ0) is 15.4. The first kappa shape index (κ1) is 14.8. The Kier molecular flexibility index (Phi) is 4.36. The fourth-order valence-electron chi connectivity index (χ4n) is 1.95. The second kappa shape index (κ2) is 6.21. The van der Waals surface area contributed by atoms with Gasteiger partial charge in [-0.1, -0.05) is 0 Å². The van der Waals surface area contributed by atoms with Crippen LogP contribution in [0.3, 0.4) is 0 Å². The van der Waals surface area contributed by atoms with E-state index in [4.69, 9.17) is 16.2 Å². The van der Waals surface area contributed by atoms with Crippen molar-refractivity contribution in [3.8, 4) is 5.88 Å². The van der Waals surface area contributed by atoms with Gasteiger partial charge < -0.3 is 26.8 Å². The zero-order valence-corrected chi connectivity index (χ0v) is 12.5. The van der Waals surface area contributed by atoms with E-state index in [1.807, 2.05) is 14.0 Å². The fourth-order valence-corrected chi connectivity index (χ4v) is 1.95. The van der Waals surface area contributed by atoms with Gasteiger partial charge in [-0.25, -0.2) is 0 Å². The summed E-state index contributed by atoms with van der Waals surface area (Å²) in [5, 5.41) is 10.6. The van der Waals surface area contributed by atoms with Crippen molar-refractivity contribution in [2.75, 3.05) is 42.3 Å². The van der Waals surface area contributed by atoms with Crippen molar-refractivity contribution >= 4 is 23.0 Å². The maximum atomic E-state index is 5.94. The Hall–Kier alpha value is -2.64. The smallest absolute Gasteiger partial charge is 0.215 e. The molecule has 0 spiro atoms. The Morgan fingerprint density at radius 1 is 1.24 bits per heavy atom. The highest BCUT2D eigenvalue weighted by Crippen LogP contribution is 2.21. The molecule has 8 nitrogen and oxygen atoms in total. The highest BCUT2D eigenvalue weighted by molar-refractivity contribution is 5.65. The van der Waals surface area contributed by atoms with Gasteiger partial charge in [0.25, 0.3) is 0 Å². The minimum atomic E-state index is 0.520. The van der Waals surface area contributed by atoms with Crippen LogP contribution < -0.4 is 26.8 Å². The van der Waals surface area contributed by atoms with Gasteiger partial charge in [0.1, 0.15) is 5.82 Å². The lowest BCUT2D eigenvalue weighted by Crippen LogP contribution is -2.17. The molecule has 2 heterocycles. The molecule has 0 aliphatic rings. The molecule has 0 radical (unpaired) electrons. The van der Waals surface area contributed by atoms with Gasteiger partial charge in [-0.2, -0.15) is 10.1 Å². The van der Waals surface area contributed by atoms with E-state index in [1.54, 1.807) is 23.9 Å². The van der Waals surface area contributed by atoms with Crippen molar-refractivity contribution in [2.24, 2.45) is 7.05 Å². The van der Waals surface area contributed by atoms with E-state index in [0.29, 0.717) is 36.2 Å². The number of anilines is 4. The molecule has 2 aromatic heterocycles.